The highest BCUT2D eigenvalue weighted by atomic mass is 32.1. The van der Waals surface area contributed by atoms with E-state index in [1.165, 1.54) is 11.3 Å². The van der Waals surface area contributed by atoms with Gasteiger partial charge in [0.1, 0.15) is 4.88 Å². The fraction of sp³-hybridized carbons (Fsp3) is 0.739. The molecule has 1 aromatic heterocycles. The van der Waals surface area contributed by atoms with Gasteiger partial charge in [0, 0.05) is 51.2 Å². The zero-order chi connectivity index (χ0) is 22.4. The standard InChI is InChI=1S/C23H33N5O3S/c1-14-21(32-15(2)24-14)22(30)25-18-6-8-26(9-7-18)23(31)27-11-16-10-17(13-27)19-4-3-5-20(29)28(19)12-16/h16-19H,3-13H2,1-2H3,(H,25,30)/t16?,17?,19-/m1/s1. The average Bonchev–Trinajstić information content (AvgIpc) is 3.12. The summed E-state index contributed by atoms with van der Waals surface area (Å²) in [6.45, 7) is 7.47. The number of hydrogen-bond acceptors (Lipinski definition) is 5. The van der Waals surface area contributed by atoms with Crippen LogP contribution in [0, 0.1) is 25.7 Å². The maximum atomic E-state index is 13.3. The minimum absolute atomic E-state index is 0.0479. The van der Waals surface area contributed by atoms with E-state index in [9.17, 15) is 14.4 Å². The van der Waals surface area contributed by atoms with Gasteiger partial charge in [0.25, 0.3) is 5.91 Å². The molecule has 1 aromatic rings. The molecule has 5 heterocycles. The van der Waals surface area contributed by atoms with Crippen molar-refractivity contribution in [2.75, 3.05) is 32.7 Å². The minimum Gasteiger partial charge on any atom is -0.348 e. The van der Waals surface area contributed by atoms with Crippen LogP contribution in [0.25, 0.3) is 0 Å². The maximum Gasteiger partial charge on any atom is 0.320 e. The number of urea groups is 1. The summed E-state index contributed by atoms with van der Waals surface area (Å²) >= 11 is 1.43. The Hall–Kier alpha value is -2.16. The number of amides is 4. The van der Waals surface area contributed by atoms with E-state index in [0.29, 0.717) is 48.2 Å². The molecule has 4 aliphatic heterocycles. The molecule has 4 fully saturated rings. The number of fused-ring (bicyclic) bond motifs is 4. The van der Waals surface area contributed by atoms with Gasteiger partial charge in [0.15, 0.2) is 0 Å². The van der Waals surface area contributed by atoms with Gasteiger partial charge >= 0.3 is 6.03 Å². The third-order valence-electron chi connectivity index (χ3n) is 7.66. The van der Waals surface area contributed by atoms with Crippen molar-refractivity contribution < 1.29 is 14.4 Å². The van der Waals surface area contributed by atoms with E-state index in [4.69, 9.17) is 0 Å². The van der Waals surface area contributed by atoms with Crippen LogP contribution in [0.5, 0.6) is 0 Å². The number of aryl methyl sites for hydroxylation is 2. The number of carbonyl (C=O) groups is 3. The fourth-order valence-electron chi connectivity index (χ4n) is 6.17. The number of thiazole rings is 1. The van der Waals surface area contributed by atoms with Crippen molar-refractivity contribution in [1.29, 1.82) is 0 Å². The molecule has 4 amide bonds. The molecule has 4 aliphatic rings. The predicted octanol–water partition coefficient (Wildman–Crippen LogP) is 2.41. The Bertz CT molecular complexity index is 909. The molecule has 9 heteroatoms. The lowest BCUT2D eigenvalue weighted by Gasteiger charge is -2.53. The highest BCUT2D eigenvalue weighted by Gasteiger charge is 2.45. The van der Waals surface area contributed by atoms with E-state index >= 15 is 0 Å². The summed E-state index contributed by atoms with van der Waals surface area (Å²) in [6, 6.07) is 0.549. The van der Waals surface area contributed by atoms with Gasteiger partial charge in [-0.05, 0) is 57.8 Å². The van der Waals surface area contributed by atoms with Crippen molar-refractivity contribution in [3.63, 3.8) is 0 Å². The molecule has 3 atom stereocenters. The van der Waals surface area contributed by atoms with Gasteiger partial charge < -0.3 is 20.0 Å². The molecule has 0 aliphatic carbocycles. The van der Waals surface area contributed by atoms with E-state index in [2.05, 4.69) is 15.2 Å². The molecule has 8 nitrogen and oxygen atoms in total. The first-order chi connectivity index (χ1) is 15.4. The Labute approximate surface area is 193 Å². The van der Waals surface area contributed by atoms with Crippen LogP contribution in [0.4, 0.5) is 4.79 Å². The van der Waals surface area contributed by atoms with E-state index in [1.807, 2.05) is 23.6 Å². The van der Waals surface area contributed by atoms with Crippen molar-refractivity contribution in [1.82, 2.24) is 25.0 Å². The van der Waals surface area contributed by atoms with E-state index in [-0.39, 0.29) is 18.0 Å². The van der Waals surface area contributed by atoms with Gasteiger partial charge in [-0.2, -0.15) is 0 Å². The third kappa shape index (κ3) is 4.11. The molecule has 0 aromatic carbocycles. The highest BCUT2D eigenvalue weighted by molar-refractivity contribution is 7.13. The maximum absolute atomic E-state index is 13.3. The Balaban J connectivity index is 1.14. The predicted molar refractivity (Wildman–Crippen MR) is 122 cm³/mol. The second kappa shape index (κ2) is 8.65. The molecule has 2 unspecified atom stereocenters. The van der Waals surface area contributed by atoms with Crippen LogP contribution in [-0.4, -0.2) is 82.3 Å². The number of carbonyl (C=O) groups excluding carboxylic acids is 3. The molecular formula is C23H33N5O3S. The molecule has 0 saturated carbocycles. The molecule has 4 saturated heterocycles. The number of nitrogens with one attached hydrogen (secondary N) is 1. The minimum atomic E-state index is -0.0479. The molecule has 0 radical (unpaired) electrons. The van der Waals surface area contributed by atoms with Crippen LogP contribution < -0.4 is 5.32 Å². The molecule has 32 heavy (non-hydrogen) atoms. The molecule has 0 spiro atoms. The first-order valence-electron chi connectivity index (χ1n) is 12.0. The van der Waals surface area contributed by atoms with E-state index in [1.54, 1.807) is 0 Å². The number of likely N-dealkylation sites (tertiary alicyclic amines) is 2. The van der Waals surface area contributed by atoms with Crippen molar-refractivity contribution in [3.05, 3.63) is 15.6 Å². The van der Waals surface area contributed by atoms with Gasteiger partial charge in [0.05, 0.1) is 10.7 Å². The summed E-state index contributed by atoms with van der Waals surface area (Å²) in [5.41, 5.74) is 0.784. The van der Waals surface area contributed by atoms with Gasteiger partial charge in [-0.1, -0.05) is 0 Å². The molecule has 1 N–H and O–H groups in total. The number of nitrogens with zero attached hydrogens (tertiary/aromatic N) is 4. The van der Waals surface area contributed by atoms with Crippen LogP contribution in [0.2, 0.25) is 0 Å². The van der Waals surface area contributed by atoms with Crippen molar-refractivity contribution in [2.24, 2.45) is 11.8 Å². The van der Waals surface area contributed by atoms with Crippen LogP contribution in [0.3, 0.4) is 0 Å². The van der Waals surface area contributed by atoms with Gasteiger partial charge in [-0.15, -0.1) is 11.3 Å². The summed E-state index contributed by atoms with van der Waals surface area (Å²) in [4.78, 5) is 49.4. The Morgan fingerprint density at radius 2 is 1.84 bits per heavy atom. The highest BCUT2D eigenvalue weighted by Crippen LogP contribution is 2.38. The molecule has 5 rings (SSSR count). The lowest BCUT2D eigenvalue weighted by atomic mass is 9.76. The van der Waals surface area contributed by atoms with Gasteiger partial charge in [-0.3, -0.25) is 9.59 Å². The SMILES string of the molecule is Cc1nc(C)c(C(=O)NC2CCN(C(=O)N3CC4CC(C3)[C@H]3CCCC(=O)N3C4)CC2)s1. The lowest BCUT2D eigenvalue weighted by Crippen LogP contribution is -2.62. The first-order valence-corrected chi connectivity index (χ1v) is 12.8. The summed E-state index contributed by atoms with van der Waals surface area (Å²) in [7, 11) is 0. The average molecular weight is 460 g/mol. The smallest absolute Gasteiger partial charge is 0.320 e. The quantitative estimate of drug-likeness (QED) is 0.736. The van der Waals surface area contributed by atoms with Crippen LogP contribution in [-0.2, 0) is 4.79 Å². The summed E-state index contributed by atoms with van der Waals surface area (Å²) in [5, 5.41) is 4.04. The molecule has 2 bridgehead atoms. The summed E-state index contributed by atoms with van der Waals surface area (Å²) in [6.07, 6.45) is 5.44. The first kappa shape index (κ1) is 21.7. The number of hydrogen-bond donors (Lipinski definition) is 1. The summed E-state index contributed by atoms with van der Waals surface area (Å²) in [5.74, 6) is 1.08. The van der Waals surface area contributed by atoms with Crippen molar-refractivity contribution in [2.45, 2.75) is 64.5 Å². The zero-order valence-corrected chi connectivity index (χ0v) is 19.8. The third-order valence-corrected chi connectivity index (χ3v) is 8.73. The van der Waals surface area contributed by atoms with Crippen LogP contribution in [0.1, 0.15) is 58.9 Å². The number of piperidine rings is 4. The van der Waals surface area contributed by atoms with Gasteiger partial charge in [-0.25, -0.2) is 9.78 Å². The van der Waals surface area contributed by atoms with Crippen molar-refractivity contribution >= 4 is 29.2 Å². The van der Waals surface area contributed by atoms with Gasteiger partial charge in [0.2, 0.25) is 5.91 Å². The Kier molecular flexibility index (Phi) is 5.86. The van der Waals surface area contributed by atoms with Crippen LogP contribution >= 0.6 is 11.3 Å². The number of rotatable bonds is 2. The summed E-state index contributed by atoms with van der Waals surface area (Å²) < 4.78 is 0. The Morgan fingerprint density at radius 1 is 1.06 bits per heavy atom. The number of aromatic nitrogens is 1. The lowest BCUT2D eigenvalue weighted by molar-refractivity contribution is -0.144. The van der Waals surface area contributed by atoms with Crippen molar-refractivity contribution in [3.8, 4) is 0 Å². The molecular weight excluding hydrogens is 426 g/mol. The van der Waals surface area contributed by atoms with E-state index < -0.39 is 0 Å². The fourth-order valence-corrected chi connectivity index (χ4v) is 7.00. The van der Waals surface area contributed by atoms with E-state index in [0.717, 1.165) is 62.4 Å². The second-order valence-corrected chi connectivity index (χ2v) is 11.1. The topological polar surface area (TPSA) is 85.9 Å². The second-order valence-electron chi connectivity index (χ2n) is 9.94. The molecule has 174 valence electrons. The van der Waals surface area contributed by atoms with Crippen LogP contribution in [0.15, 0.2) is 0 Å². The monoisotopic (exact) mass is 459 g/mol. The largest absolute Gasteiger partial charge is 0.348 e. The normalized spacial score (nSPS) is 28.5. The Morgan fingerprint density at radius 3 is 2.56 bits per heavy atom. The zero-order valence-electron chi connectivity index (χ0n) is 19.0.